The molecule has 7 nitrogen and oxygen atoms in total. The summed E-state index contributed by atoms with van der Waals surface area (Å²) in [4.78, 5) is 12.8. The molecule has 3 rings (SSSR count). The smallest absolute Gasteiger partial charge is 0.243 e. The first kappa shape index (κ1) is 24.1. The van der Waals surface area contributed by atoms with Crippen molar-refractivity contribution in [1.29, 1.82) is 0 Å². The molecule has 0 saturated heterocycles. The molecule has 1 fully saturated rings. The van der Waals surface area contributed by atoms with E-state index in [9.17, 15) is 13.2 Å². The summed E-state index contributed by atoms with van der Waals surface area (Å²) in [5.74, 6) is 0.495. The number of ether oxygens (including phenoxy) is 2. The van der Waals surface area contributed by atoms with E-state index in [0.717, 1.165) is 31.2 Å². The Labute approximate surface area is 190 Å². The van der Waals surface area contributed by atoms with Crippen molar-refractivity contribution in [3.05, 3.63) is 54.1 Å². The second kappa shape index (κ2) is 11.3. The summed E-state index contributed by atoms with van der Waals surface area (Å²) in [5.41, 5.74) is 1.01. The number of hydrogen-bond acceptors (Lipinski definition) is 5. The van der Waals surface area contributed by atoms with Crippen LogP contribution in [0.5, 0.6) is 11.5 Å². The summed E-state index contributed by atoms with van der Waals surface area (Å²) in [7, 11) is -0.977. The summed E-state index contributed by atoms with van der Waals surface area (Å²) < 4.78 is 38.7. The Morgan fingerprint density at radius 1 is 1.00 bits per heavy atom. The van der Waals surface area contributed by atoms with Gasteiger partial charge < -0.3 is 14.8 Å². The van der Waals surface area contributed by atoms with Gasteiger partial charge >= 0.3 is 0 Å². The molecule has 174 valence electrons. The minimum Gasteiger partial charge on any atom is -0.493 e. The molecule has 1 aliphatic rings. The van der Waals surface area contributed by atoms with Crippen LogP contribution in [0.3, 0.4) is 0 Å². The van der Waals surface area contributed by atoms with Crippen LogP contribution in [0.4, 0.5) is 0 Å². The number of benzene rings is 2. The van der Waals surface area contributed by atoms with Gasteiger partial charge in [0.2, 0.25) is 15.9 Å². The van der Waals surface area contributed by atoms with E-state index in [0.29, 0.717) is 17.9 Å². The molecule has 0 spiro atoms. The van der Waals surface area contributed by atoms with E-state index in [-0.39, 0.29) is 29.9 Å². The second-order valence-electron chi connectivity index (χ2n) is 7.99. The molecule has 0 atom stereocenters. The first-order valence-electron chi connectivity index (χ1n) is 11.0. The van der Waals surface area contributed by atoms with E-state index in [4.69, 9.17) is 9.47 Å². The number of hydrogen-bond donors (Lipinski definition) is 1. The fourth-order valence-electron chi connectivity index (χ4n) is 3.99. The molecule has 0 aliphatic heterocycles. The zero-order chi connectivity index (χ0) is 23.0. The van der Waals surface area contributed by atoms with E-state index >= 15 is 0 Å². The molecule has 1 aliphatic carbocycles. The fraction of sp³-hybridized carbons (Fsp3) is 0.458. The lowest BCUT2D eigenvalue weighted by Gasteiger charge is -2.26. The van der Waals surface area contributed by atoms with Gasteiger partial charge in [0.15, 0.2) is 11.5 Å². The van der Waals surface area contributed by atoms with Crippen LogP contribution in [0, 0.1) is 0 Å². The largest absolute Gasteiger partial charge is 0.493 e. The van der Waals surface area contributed by atoms with Gasteiger partial charge in [-0.25, -0.2) is 8.42 Å². The summed E-state index contributed by atoms with van der Waals surface area (Å²) in [6, 6.07) is 14.2. The Morgan fingerprint density at radius 2 is 1.69 bits per heavy atom. The predicted molar refractivity (Wildman–Crippen MR) is 123 cm³/mol. The van der Waals surface area contributed by atoms with Gasteiger partial charge in [0.25, 0.3) is 0 Å². The van der Waals surface area contributed by atoms with Crippen LogP contribution in [0.25, 0.3) is 0 Å². The maximum atomic E-state index is 13.5. The summed E-state index contributed by atoms with van der Waals surface area (Å²) in [5, 5.41) is 3.02. The van der Waals surface area contributed by atoms with Crippen molar-refractivity contribution < 1.29 is 22.7 Å². The quantitative estimate of drug-likeness (QED) is 0.588. The molecule has 0 aromatic heterocycles. The van der Waals surface area contributed by atoms with Crippen LogP contribution in [0.2, 0.25) is 0 Å². The SMILES string of the molecule is COc1ccc(S(=O)(=O)N(CCc2ccccc2)CC(=O)NC2CCCCC2)cc1OC. The molecule has 1 amide bonds. The van der Waals surface area contributed by atoms with E-state index in [1.54, 1.807) is 6.07 Å². The molecular formula is C24H32N2O5S. The number of rotatable bonds is 10. The molecule has 0 heterocycles. The van der Waals surface area contributed by atoms with E-state index < -0.39 is 10.0 Å². The van der Waals surface area contributed by atoms with Gasteiger partial charge in [0, 0.05) is 18.7 Å². The number of methoxy groups -OCH3 is 2. The van der Waals surface area contributed by atoms with Crippen molar-refractivity contribution in [3.63, 3.8) is 0 Å². The Morgan fingerprint density at radius 3 is 2.34 bits per heavy atom. The van der Waals surface area contributed by atoms with Gasteiger partial charge in [0.1, 0.15) is 0 Å². The summed E-state index contributed by atoms with van der Waals surface area (Å²) in [6.45, 7) is -0.0290. The average Bonchev–Trinajstić information content (AvgIpc) is 2.82. The number of carbonyl (C=O) groups excluding carboxylic acids is 1. The number of carbonyl (C=O) groups is 1. The topological polar surface area (TPSA) is 84.9 Å². The molecule has 32 heavy (non-hydrogen) atoms. The number of sulfonamides is 1. The Balaban J connectivity index is 1.81. The van der Waals surface area contributed by atoms with Crippen molar-refractivity contribution >= 4 is 15.9 Å². The Bertz CT molecular complexity index is 989. The molecule has 1 N–H and O–H groups in total. The highest BCUT2D eigenvalue weighted by Gasteiger charge is 2.28. The van der Waals surface area contributed by atoms with Crippen LogP contribution in [0.1, 0.15) is 37.7 Å². The molecule has 2 aromatic rings. The van der Waals surface area contributed by atoms with Gasteiger partial charge in [-0.2, -0.15) is 4.31 Å². The summed E-state index contributed by atoms with van der Waals surface area (Å²) in [6.07, 6.45) is 5.75. The van der Waals surface area contributed by atoms with Gasteiger partial charge in [-0.3, -0.25) is 4.79 Å². The molecule has 8 heteroatoms. The fourth-order valence-corrected chi connectivity index (χ4v) is 5.40. The molecule has 0 radical (unpaired) electrons. The zero-order valence-electron chi connectivity index (χ0n) is 18.7. The van der Waals surface area contributed by atoms with E-state index in [1.807, 2.05) is 30.3 Å². The highest BCUT2D eigenvalue weighted by molar-refractivity contribution is 7.89. The van der Waals surface area contributed by atoms with Crippen LogP contribution in [-0.2, 0) is 21.2 Å². The molecular weight excluding hydrogens is 428 g/mol. The standard InChI is InChI=1S/C24H32N2O5S/c1-30-22-14-13-21(17-23(22)31-2)32(28,29)26(16-15-19-9-5-3-6-10-19)18-24(27)25-20-11-7-4-8-12-20/h3,5-6,9-10,13-14,17,20H,4,7-8,11-12,15-16,18H2,1-2H3,(H,25,27). The molecule has 1 saturated carbocycles. The van der Waals surface area contributed by atoms with Gasteiger partial charge in [-0.05, 0) is 37.0 Å². The van der Waals surface area contributed by atoms with Crippen molar-refractivity contribution in [3.8, 4) is 11.5 Å². The van der Waals surface area contributed by atoms with Crippen LogP contribution < -0.4 is 14.8 Å². The third-order valence-corrected chi connectivity index (χ3v) is 7.62. The minimum absolute atomic E-state index is 0.0636. The van der Waals surface area contributed by atoms with Crippen LogP contribution >= 0.6 is 0 Å². The molecule has 0 bridgehead atoms. The zero-order valence-corrected chi connectivity index (χ0v) is 19.6. The lowest BCUT2D eigenvalue weighted by molar-refractivity contribution is -0.122. The Hall–Kier alpha value is -2.58. The predicted octanol–water partition coefficient (Wildman–Crippen LogP) is 3.39. The minimum atomic E-state index is -3.93. The number of amides is 1. The van der Waals surface area contributed by atoms with Gasteiger partial charge in [-0.15, -0.1) is 0 Å². The maximum Gasteiger partial charge on any atom is 0.243 e. The van der Waals surface area contributed by atoms with Crippen molar-refractivity contribution in [2.45, 2.75) is 49.5 Å². The monoisotopic (exact) mass is 460 g/mol. The summed E-state index contributed by atoms with van der Waals surface area (Å²) >= 11 is 0. The van der Waals surface area contributed by atoms with Crippen LogP contribution in [-0.4, -0.2) is 52.0 Å². The van der Waals surface area contributed by atoms with E-state index in [2.05, 4.69) is 5.32 Å². The van der Waals surface area contributed by atoms with Gasteiger partial charge in [0.05, 0.1) is 25.7 Å². The van der Waals surface area contributed by atoms with E-state index in [1.165, 1.54) is 37.1 Å². The van der Waals surface area contributed by atoms with Gasteiger partial charge in [-0.1, -0.05) is 49.6 Å². The lowest BCUT2D eigenvalue weighted by Crippen LogP contribution is -2.45. The maximum absolute atomic E-state index is 13.5. The van der Waals surface area contributed by atoms with Crippen molar-refractivity contribution in [2.24, 2.45) is 0 Å². The van der Waals surface area contributed by atoms with Crippen molar-refractivity contribution in [1.82, 2.24) is 9.62 Å². The van der Waals surface area contributed by atoms with Crippen LogP contribution in [0.15, 0.2) is 53.4 Å². The second-order valence-corrected chi connectivity index (χ2v) is 9.93. The highest BCUT2D eigenvalue weighted by atomic mass is 32.2. The molecule has 2 aromatic carbocycles. The third-order valence-electron chi connectivity index (χ3n) is 5.78. The average molecular weight is 461 g/mol. The Kier molecular flexibility index (Phi) is 8.53. The third kappa shape index (κ3) is 6.23. The lowest BCUT2D eigenvalue weighted by atomic mass is 9.95. The molecule has 0 unspecified atom stereocenters. The van der Waals surface area contributed by atoms with Crippen molar-refractivity contribution in [2.75, 3.05) is 27.3 Å². The normalized spacial score (nSPS) is 14.8. The number of nitrogens with one attached hydrogen (secondary N) is 1. The first-order chi connectivity index (χ1) is 15.4. The number of nitrogens with zero attached hydrogens (tertiary/aromatic N) is 1. The highest BCUT2D eigenvalue weighted by Crippen LogP contribution is 2.30. The first-order valence-corrected chi connectivity index (χ1v) is 12.4.